The zero-order chi connectivity index (χ0) is 19.3. The van der Waals surface area contributed by atoms with Gasteiger partial charge in [-0.2, -0.15) is 5.26 Å². The van der Waals surface area contributed by atoms with Crippen molar-refractivity contribution in [3.8, 4) is 17.3 Å². The Bertz CT molecular complexity index is 836. The topological polar surface area (TPSA) is 63.0 Å². The van der Waals surface area contributed by atoms with E-state index in [0.29, 0.717) is 5.56 Å². The second kappa shape index (κ2) is 8.72. The van der Waals surface area contributed by atoms with Crippen molar-refractivity contribution in [3.05, 3.63) is 47.3 Å². The number of benzene rings is 1. The molecule has 2 aromatic rings. The van der Waals surface area contributed by atoms with Gasteiger partial charge in [-0.15, -0.1) is 0 Å². The Morgan fingerprint density at radius 3 is 2.54 bits per heavy atom. The van der Waals surface area contributed by atoms with Crippen LogP contribution < -0.4 is 0 Å². The van der Waals surface area contributed by atoms with E-state index in [1.165, 1.54) is 31.2 Å². The van der Waals surface area contributed by atoms with Crippen molar-refractivity contribution in [3.63, 3.8) is 0 Å². The fourth-order valence-electron chi connectivity index (χ4n) is 2.15. The second-order valence-corrected chi connectivity index (χ2v) is 6.54. The number of ether oxygens (including phenoxy) is 1. The summed E-state index contributed by atoms with van der Waals surface area (Å²) in [5.74, 6) is -1.00. The van der Waals surface area contributed by atoms with Gasteiger partial charge < -0.3 is 4.74 Å². The molecule has 0 saturated carbocycles. The first-order valence-electron chi connectivity index (χ1n) is 7.69. The van der Waals surface area contributed by atoms with Crippen molar-refractivity contribution >= 4 is 17.7 Å². The number of aromatic nitrogens is 1. The monoisotopic (exact) mass is 380 g/mol. The summed E-state index contributed by atoms with van der Waals surface area (Å²) in [6, 6.07) is 8.02. The highest BCUT2D eigenvalue weighted by Crippen LogP contribution is 2.35. The molecule has 1 aromatic heterocycles. The quantitative estimate of drug-likeness (QED) is 0.535. The molecule has 0 fully saturated rings. The zero-order valence-electron chi connectivity index (χ0n) is 14.0. The zero-order valence-corrected chi connectivity index (χ0v) is 14.8. The summed E-state index contributed by atoms with van der Waals surface area (Å²) in [6.45, 7) is 3.37. The first-order chi connectivity index (χ1) is 12.4. The molecule has 0 aliphatic rings. The molecule has 1 heterocycles. The third-order valence-electron chi connectivity index (χ3n) is 3.41. The Balaban J connectivity index is 2.52. The van der Waals surface area contributed by atoms with Crippen LogP contribution in [-0.4, -0.2) is 22.8 Å². The molecular weight excluding hydrogens is 365 g/mol. The van der Waals surface area contributed by atoms with Crippen LogP contribution in [0.1, 0.15) is 31.4 Å². The lowest BCUT2D eigenvalue weighted by atomic mass is 10.1. The van der Waals surface area contributed by atoms with Crippen LogP contribution in [0.2, 0.25) is 0 Å². The van der Waals surface area contributed by atoms with Crippen LogP contribution in [0.3, 0.4) is 0 Å². The van der Waals surface area contributed by atoms with E-state index in [4.69, 9.17) is 4.74 Å². The van der Waals surface area contributed by atoms with Gasteiger partial charge in [0.25, 0.3) is 6.43 Å². The lowest BCUT2D eigenvalue weighted by Crippen LogP contribution is -2.17. The number of hydrogen-bond donors (Lipinski definition) is 0. The summed E-state index contributed by atoms with van der Waals surface area (Å²) in [6.07, 6.45) is -2.90. The molecule has 26 heavy (non-hydrogen) atoms. The lowest BCUT2D eigenvalue weighted by molar-refractivity contribution is -0.142. The SMILES string of the molecule is CCOC(=O)C(C)Sc1nc(-c2ccc(F)cc2)cc(C(F)F)c1C#N. The standard InChI is InChI=1S/C18H15F3N2O2S/c1-3-25-18(24)10(2)26-17-14(9-22)13(16(20)21)8-15(23-17)11-4-6-12(19)7-5-11/h4-8,10,16H,3H2,1-2H3. The number of thioether (sulfide) groups is 1. The smallest absolute Gasteiger partial charge is 0.319 e. The summed E-state index contributed by atoms with van der Waals surface area (Å²) in [4.78, 5) is 16.1. The van der Waals surface area contributed by atoms with Crippen molar-refractivity contribution in [2.75, 3.05) is 6.61 Å². The van der Waals surface area contributed by atoms with Gasteiger partial charge in [0, 0.05) is 11.1 Å². The van der Waals surface area contributed by atoms with Gasteiger partial charge in [0.15, 0.2) is 0 Å². The first-order valence-corrected chi connectivity index (χ1v) is 8.57. The van der Waals surface area contributed by atoms with E-state index < -0.39 is 29.0 Å². The number of nitriles is 1. The predicted octanol–water partition coefficient (Wildman–Crippen LogP) is 4.74. The molecule has 8 heteroatoms. The van der Waals surface area contributed by atoms with Gasteiger partial charge in [-0.1, -0.05) is 11.8 Å². The third kappa shape index (κ3) is 4.55. The largest absolute Gasteiger partial charge is 0.465 e. The van der Waals surface area contributed by atoms with Crippen LogP contribution in [0.4, 0.5) is 13.2 Å². The molecule has 1 unspecified atom stereocenters. The number of carbonyl (C=O) groups is 1. The second-order valence-electron chi connectivity index (χ2n) is 5.21. The van der Waals surface area contributed by atoms with Crippen molar-refractivity contribution < 1.29 is 22.7 Å². The number of carbonyl (C=O) groups excluding carboxylic acids is 1. The van der Waals surface area contributed by atoms with E-state index in [-0.39, 0.29) is 22.9 Å². The maximum absolute atomic E-state index is 13.4. The predicted molar refractivity (Wildman–Crippen MR) is 91.3 cm³/mol. The Morgan fingerprint density at radius 1 is 1.35 bits per heavy atom. The lowest BCUT2D eigenvalue weighted by Gasteiger charge is -2.14. The highest BCUT2D eigenvalue weighted by atomic mass is 32.2. The summed E-state index contributed by atoms with van der Waals surface area (Å²) < 4.78 is 44.9. The van der Waals surface area contributed by atoms with Crippen LogP contribution in [0.25, 0.3) is 11.3 Å². The summed E-state index contributed by atoms with van der Waals surface area (Å²) >= 11 is 0.871. The fourth-order valence-corrected chi connectivity index (χ4v) is 3.09. The van der Waals surface area contributed by atoms with Gasteiger partial charge in [0.1, 0.15) is 22.2 Å². The Hall–Kier alpha value is -2.53. The Morgan fingerprint density at radius 2 is 2.00 bits per heavy atom. The van der Waals surface area contributed by atoms with Crippen molar-refractivity contribution in [1.82, 2.24) is 4.98 Å². The number of hydrogen-bond acceptors (Lipinski definition) is 5. The van der Waals surface area contributed by atoms with Crippen LogP contribution in [0.5, 0.6) is 0 Å². The molecule has 2 rings (SSSR count). The van der Waals surface area contributed by atoms with Crippen molar-refractivity contribution in [2.24, 2.45) is 0 Å². The van der Waals surface area contributed by atoms with Crippen LogP contribution in [0.15, 0.2) is 35.4 Å². The molecule has 0 N–H and O–H groups in total. The maximum Gasteiger partial charge on any atom is 0.319 e. The van der Waals surface area contributed by atoms with E-state index >= 15 is 0 Å². The fraction of sp³-hybridized carbons (Fsp3) is 0.278. The molecule has 0 radical (unpaired) electrons. The summed E-state index contributed by atoms with van der Waals surface area (Å²) in [7, 11) is 0. The Labute approximate surface area is 153 Å². The van der Waals surface area contributed by atoms with Crippen molar-refractivity contribution in [2.45, 2.75) is 30.5 Å². The number of esters is 1. The van der Waals surface area contributed by atoms with E-state index in [0.717, 1.165) is 17.8 Å². The van der Waals surface area contributed by atoms with Gasteiger partial charge in [0.05, 0.1) is 17.9 Å². The van der Waals surface area contributed by atoms with E-state index in [9.17, 15) is 23.2 Å². The highest BCUT2D eigenvalue weighted by Gasteiger charge is 2.24. The average molecular weight is 380 g/mol. The van der Waals surface area contributed by atoms with E-state index in [1.807, 2.05) is 0 Å². The van der Waals surface area contributed by atoms with E-state index in [2.05, 4.69) is 4.98 Å². The molecule has 4 nitrogen and oxygen atoms in total. The minimum absolute atomic E-state index is 0.00479. The third-order valence-corrected chi connectivity index (χ3v) is 4.48. The molecule has 1 atom stereocenters. The van der Waals surface area contributed by atoms with Gasteiger partial charge in [-0.25, -0.2) is 18.2 Å². The molecule has 136 valence electrons. The van der Waals surface area contributed by atoms with E-state index in [1.54, 1.807) is 13.0 Å². The molecule has 0 aliphatic carbocycles. The molecule has 1 aromatic carbocycles. The highest BCUT2D eigenvalue weighted by molar-refractivity contribution is 8.00. The minimum Gasteiger partial charge on any atom is -0.465 e. The average Bonchev–Trinajstić information content (AvgIpc) is 2.61. The maximum atomic E-state index is 13.4. The van der Waals surface area contributed by atoms with Crippen molar-refractivity contribution in [1.29, 1.82) is 5.26 Å². The summed E-state index contributed by atoms with van der Waals surface area (Å²) in [5, 5.41) is 8.57. The number of halogens is 3. The number of pyridine rings is 1. The van der Waals surface area contributed by atoms with Crippen LogP contribution in [0, 0.1) is 17.1 Å². The number of nitrogens with zero attached hydrogens (tertiary/aromatic N) is 2. The van der Waals surface area contributed by atoms with Gasteiger partial charge >= 0.3 is 5.97 Å². The first kappa shape index (κ1) is 19.8. The van der Waals surface area contributed by atoms with Gasteiger partial charge in [-0.05, 0) is 44.2 Å². The molecular formula is C18H15F3N2O2S. The van der Waals surface area contributed by atoms with Crippen LogP contribution >= 0.6 is 11.8 Å². The molecule has 0 amide bonds. The minimum atomic E-state index is -2.90. The summed E-state index contributed by atoms with van der Waals surface area (Å²) in [5.41, 5.74) is -0.186. The Kier molecular flexibility index (Phi) is 6.64. The normalized spacial score (nSPS) is 11.9. The molecule has 0 spiro atoms. The molecule has 0 saturated heterocycles. The number of alkyl halides is 2. The number of rotatable bonds is 6. The van der Waals surface area contributed by atoms with Gasteiger partial charge in [0.2, 0.25) is 0 Å². The molecule has 0 bridgehead atoms. The molecule has 0 aliphatic heterocycles. The van der Waals surface area contributed by atoms with Gasteiger partial charge in [-0.3, -0.25) is 4.79 Å². The van der Waals surface area contributed by atoms with Crippen LogP contribution in [-0.2, 0) is 9.53 Å².